The third kappa shape index (κ3) is 3.70. The third-order valence-electron chi connectivity index (χ3n) is 5.29. The lowest BCUT2D eigenvalue weighted by molar-refractivity contribution is -0.140. The molecule has 1 saturated heterocycles. The number of hydrogen-bond donors (Lipinski definition) is 1. The Morgan fingerprint density at radius 3 is 2.42 bits per heavy atom. The van der Waals surface area contributed by atoms with Crippen LogP contribution in [0.1, 0.15) is 28.3 Å². The van der Waals surface area contributed by atoms with Gasteiger partial charge >= 0.3 is 0 Å². The Labute approximate surface area is 177 Å². The van der Waals surface area contributed by atoms with E-state index < -0.39 is 35.1 Å². The van der Waals surface area contributed by atoms with Crippen molar-refractivity contribution in [3.63, 3.8) is 0 Å². The normalized spacial score (nSPS) is 17.9. The molecule has 1 aliphatic heterocycles. The van der Waals surface area contributed by atoms with Crippen molar-refractivity contribution in [3.05, 3.63) is 106 Å². The summed E-state index contributed by atoms with van der Waals surface area (Å²) in [5.41, 5.74) is 0.851. The monoisotopic (exact) mass is 420 g/mol. The number of benzene rings is 2. The first-order valence-electron chi connectivity index (χ1n) is 9.56. The fourth-order valence-corrected chi connectivity index (χ4v) is 3.64. The number of Topliss-reactive ketones (excluding diaryl/α,β-unsaturated/α-hetero) is 1. The second-order valence-corrected chi connectivity index (χ2v) is 7.27. The van der Waals surface area contributed by atoms with E-state index in [2.05, 4.69) is 4.98 Å². The average molecular weight is 420 g/mol. The molecule has 4 rings (SSSR count). The van der Waals surface area contributed by atoms with Gasteiger partial charge in [-0.15, -0.1) is 0 Å². The Balaban J connectivity index is 1.90. The van der Waals surface area contributed by atoms with E-state index in [4.69, 9.17) is 0 Å². The maximum atomic E-state index is 14.7. The van der Waals surface area contributed by atoms with Gasteiger partial charge in [0.25, 0.3) is 11.7 Å². The first kappa shape index (κ1) is 20.4. The number of amides is 1. The Kier molecular flexibility index (Phi) is 5.33. The van der Waals surface area contributed by atoms with E-state index in [1.807, 2.05) is 0 Å². The fraction of sp³-hybridized carbons (Fsp3) is 0.125. The number of carbonyl (C=O) groups is 2. The van der Waals surface area contributed by atoms with E-state index in [0.29, 0.717) is 11.1 Å². The molecule has 1 aromatic heterocycles. The summed E-state index contributed by atoms with van der Waals surface area (Å²) in [6.07, 6.45) is 3.08. The predicted molar refractivity (Wildman–Crippen MR) is 110 cm³/mol. The summed E-state index contributed by atoms with van der Waals surface area (Å²) in [4.78, 5) is 30.9. The number of pyridine rings is 1. The van der Waals surface area contributed by atoms with Crippen molar-refractivity contribution in [2.45, 2.75) is 19.5 Å². The largest absolute Gasteiger partial charge is 0.507 e. The van der Waals surface area contributed by atoms with Gasteiger partial charge in [0.15, 0.2) is 0 Å². The summed E-state index contributed by atoms with van der Waals surface area (Å²) in [5.74, 6) is -3.59. The van der Waals surface area contributed by atoms with Crippen molar-refractivity contribution in [1.29, 1.82) is 0 Å². The van der Waals surface area contributed by atoms with Gasteiger partial charge in [-0.05, 0) is 42.3 Å². The molecule has 0 radical (unpaired) electrons. The predicted octanol–water partition coefficient (Wildman–Crippen LogP) is 4.29. The molecule has 1 unspecified atom stereocenters. The number of aliphatic hydroxyl groups is 1. The lowest BCUT2D eigenvalue weighted by Crippen LogP contribution is -2.29. The van der Waals surface area contributed by atoms with Crippen molar-refractivity contribution >= 4 is 17.4 Å². The Morgan fingerprint density at radius 1 is 1.03 bits per heavy atom. The van der Waals surface area contributed by atoms with Crippen LogP contribution in [0.5, 0.6) is 0 Å². The Hall–Kier alpha value is -3.87. The van der Waals surface area contributed by atoms with E-state index in [1.54, 1.807) is 37.5 Å². The highest BCUT2D eigenvalue weighted by Gasteiger charge is 2.46. The van der Waals surface area contributed by atoms with Crippen molar-refractivity contribution < 1.29 is 23.5 Å². The highest BCUT2D eigenvalue weighted by molar-refractivity contribution is 6.46. The van der Waals surface area contributed by atoms with Crippen molar-refractivity contribution in [2.24, 2.45) is 0 Å². The topological polar surface area (TPSA) is 70.5 Å². The average Bonchev–Trinajstić information content (AvgIpc) is 3.01. The fourth-order valence-electron chi connectivity index (χ4n) is 3.64. The van der Waals surface area contributed by atoms with Crippen LogP contribution in [0.25, 0.3) is 5.76 Å². The molecule has 0 aliphatic carbocycles. The highest BCUT2D eigenvalue weighted by atomic mass is 19.1. The summed E-state index contributed by atoms with van der Waals surface area (Å²) < 4.78 is 28.8. The van der Waals surface area contributed by atoms with E-state index in [1.165, 1.54) is 35.2 Å². The highest BCUT2D eigenvalue weighted by Crippen LogP contribution is 2.41. The summed E-state index contributed by atoms with van der Waals surface area (Å²) in [6.45, 7) is 1.57. The summed E-state index contributed by atoms with van der Waals surface area (Å²) in [5, 5.41) is 10.9. The maximum absolute atomic E-state index is 14.7. The molecule has 2 aromatic carbocycles. The molecule has 1 amide bonds. The van der Waals surface area contributed by atoms with Gasteiger partial charge in [0.1, 0.15) is 17.4 Å². The van der Waals surface area contributed by atoms with E-state index in [-0.39, 0.29) is 23.2 Å². The van der Waals surface area contributed by atoms with Crippen LogP contribution in [0.15, 0.2) is 72.6 Å². The smallest absolute Gasteiger partial charge is 0.295 e. The van der Waals surface area contributed by atoms with Crippen LogP contribution in [0.3, 0.4) is 0 Å². The SMILES string of the molecule is Cc1ccc(C(O)=C2C(=O)C(=O)N(Cc3ccncc3)C2c2ccccc2F)cc1F. The molecule has 0 spiro atoms. The van der Waals surface area contributed by atoms with E-state index in [9.17, 15) is 23.5 Å². The zero-order valence-electron chi connectivity index (χ0n) is 16.5. The van der Waals surface area contributed by atoms with Gasteiger partial charge in [0.05, 0.1) is 11.6 Å². The number of carbonyl (C=O) groups excluding carboxylic acids is 2. The Morgan fingerprint density at radius 2 is 1.74 bits per heavy atom. The lowest BCUT2D eigenvalue weighted by atomic mass is 9.94. The van der Waals surface area contributed by atoms with Crippen molar-refractivity contribution in [1.82, 2.24) is 9.88 Å². The van der Waals surface area contributed by atoms with Gasteiger partial charge in [0.2, 0.25) is 0 Å². The zero-order valence-corrected chi connectivity index (χ0v) is 16.5. The number of aromatic nitrogens is 1. The van der Waals surface area contributed by atoms with Gasteiger partial charge in [-0.25, -0.2) is 8.78 Å². The van der Waals surface area contributed by atoms with E-state index in [0.717, 1.165) is 6.07 Å². The minimum absolute atomic E-state index is 0.00509. The summed E-state index contributed by atoms with van der Waals surface area (Å²) in [6, 6.07) is 11.9. The number of hydrogen-bond acceptors (Lipinski definition) is 4. The molecule has 31 heavy (non-hydrogen) atoms. The molecule has 2 heterocycles. The minimum atomic E-state index is -1.17. The van der Waals surface area contributed by atoms with Crippen LogP contribution in [-0.2, 0) is 16.1 Å². The minimum Gasteiger partial charge on any atom is -0.507 e. The first-order chi connectivity index (χ1) is 14.9. The lowest BCUT2D eigenvalue weighted by Gasteiger charge is -2.25. The number of likely N-dealkylation sites (tertiary alicyclic amines) is 1. The number of aliphatic hydroxyl groups excluding tert-OH is 1. The number of halogens is 2. The summed E-state index contributed by atoms with van der Waals surface area (Å²) >= 11 is 0. The van der Waals surface area contributed by atoms with Crippen LogP contribution < -0.4 is 0 Å². The van der Waals surface area contributed by atoms with Crippen molar-refractivity contribution in [3.8, 4) is 0 Å². The second-order valence-electron chi connectivity index (χ2n) is 7.27. The molecule has 7 heteroatoms. The van der Waals surface area contributed by atoms with Gasteiger partial charge in [-0.3, -0.25) is 14.6 Å². The first-order valence-corrected chi connectivity index (χ1v) is 9.56. The van der Waals surface area contributed by atoms with Gasteiger partial charge in [0, 0.05) is 30.1 Å². The molecular formula is C24H18F2N2O3. The van der Waals surface area contributed by atoms with Gasteiger partial charge < -0.3 is 10.0 Å². The van der Waals surface area contributed by atoms with Crippen LogP contribution >= 0.6 is 0 Å². The maximum Gasteiger partial charge on any atom is 0.295 e. The molecule has 0 saturated carbocycles. The molecule has 1 N–H and O–H groups in total. The van der Waals surface area contributed by atoms with Crippen LogP contribution in [0, 0.1) is 18.6 Å². The second kappa shape index (κ2) is 8.10. The third-order valence-corrected chi connectivity index (χ3v) is 5.29. The van der Waals surface area contributed by atoms with Gasteiger partial charge in [-0.2, -0.15) is 0 Å². The number of rotatable bonds is 4. The van der Waals surface area contributed by atoms with Gasteiger partial charge in [-0.1, -0.05) is 30.3 Å². The zero-order chi connectivity index (χ0) is 22.1. The number of ketones is 1. The standard InChI is InChI=1S/C24H18F2N2O3/c1-14-6-7-16(12-19(14)26)22(29)20-21(17-4-2-3-5-18(17)25)28(24(31)23(20)30)13-15-8-10-27-11-9-15/h2-12,21,29H,13H2,1H3. The van der Waals surface area contributed by atoms with Crippen molar-refractivity contribution in [2.75, 3.05) is 0 Å². The molecular weight excluding hydrogens is 402 g/mol. The quantitative estimate of drug-likeness (QED) is 0.388. The van der Waals surface area contributed by atoms with Crippen LogP contribution in [-0.4, -0.2) is 26.7 Å². The molecule has 1 atom stereocenters. The summed E-state index contributed by atoms with van der Waals surface area (Å²) in [7, 11) is 0. The molecule has 1 fully saturated rings. The Bertz CT molecular complexity index is 1210. The van der Waals surface area contributed by atoms with E-state index >= 15 is 0 Å². The molecule has 1 aliphatic rings. The molecule has 5 nitrogen and oxygen atoms in total. The number of aryl methyl sites for hydroxylation is 1. The van der Waals surface area contributed by atoms with Crippen LogP contribution in [0.4, 0.5) is 8.78 Å². The molecule has 0 bridgehead atoms. The molecule has 156 valence electrons. The number of nitrogens with zero attached hydrogens (tertiary/aromatic N) is 2. The van der Waals surface area contributed by atoms with Crippen LogP contribution in [0.2, 0.25) is 0 Å². The molecule has 3 aromatic rings.